The second-order valence-corrected chi connectivity index (χ2v) is 5.34. The van der Waals surface area contributed by atoms with Gasteiger partial charge in [-0.15, -0.1) is 0 Å². The molecule has 4 nitrogen and oxygen atoms in total. The predicted molar refractivity (Wildman–Crippen MR) is 79.8 cm³/mol. The van der Waals surface area contributed by atoms with Gasteiger partial charge < -0.3 is 14.5 Å². The maximum absolute atomic E-state index is 8.84. The van der Waals surface area contributed by atoms with Gasteiger partial charge >= 0.3 is 0 Å². The zero-order chi connectivity index (χ0) is 14.2. The molecule has 1 aliphatic heterocycles. The number of hydrogen-bond acceptors (Lipinski definition) is 4. The Morgan fingerprint density at radius 2 is 2.15 bits per heavy atom. The van der Waals surface area contributed by atoms with Crippen molar-refractivity contribution in [2.24, 2.45) is 0 Å². The van der Waals surface area contributed by atoms with E-state index in [4.69, 9.17) is 10.00 Å². The maximum Gasteiger partial charge on any atom is 0.120 e. The monoisotopic (exact) mass is 273 g/mol. The van der Waals surface area contributed by atoms with Crippen molar-refractivity contribution >= 4 is 0 Å². The highest BCUT2D eigenvalue weighted by molar-refractivity contribution is 5.36. The van der Waals surface area contributed by atoms with Gasteiger partial charge in [0.25, 0.3) is 0 Å². The summed E-state index contributed by atoms with van der Waals surface area (Å²) in [5.74, 6) is 0.791. The summed E-state index contributed by atoms with van der Waals surface area (Å²) in [6.07, 6.45) is 2.28. The van der Waals surface area contributed by atoms with Crippen LogP contribution in [-0.2, 0) is 0 Å². The van der Waals surface area contributed by atoms with Gasteiger partial charge in [-0.1, -0.05) is 6.07 Å². The Kier molecular flexibility index (Phi) is 5.85. The van der Waals surface area contributed by atoms with Gasteiger partial charge in [-0.05, 0) is 51.2 Å². The van der Waals surface area contributed by atoms with Crippen molar-refractivity contribution in [1.29, 1.82) is 5.26 Å². The Morgan fingerprint density at radius 3 is 3.00 bits per heavy atom. The molecule has 0 amide bonds. The molecular formula is C16H23N3O. The topological polar surface area (TPSA) is 39.5 Å². The van der Waals surface area contributed by atoms with Crippen molar-refractivity contribution in [2.75, 3.05) is 46.4 Å². The van der Waals surface area contributed by atoms with Crippen LogP contribution in [0.2, 0.25) is 0 Å². The summed E-state index contributed by atoms with van der Waals surface area (Å²) >= 11 is 0. The van der Waals surface area contributed by atoms with Crippen LogP contribution in [-0.4, -0.2) is 56.2 Å². The minimum atomic E-state index is 0.651. The molecule has 0 unspecified atom stereocenters. The molecule has 1 aromatic rings. The number of ether oxygens (including phenoxy) is 1. The SMILES string of the molecule is CN1CCCN(CCCOc2cccc(C#N)c2)CC1. The Labute approximate surface area is 121 Å². The molecule has 4 heteroatoms. The van der Waals surface area contributed by atoms with Crippen molar-refractivity contribution in [3.8, 4) is 11.8 Å². The number of rotatable bonds is 5. The van der Waals surface area contributed by atoms with Gasteiger partial charge in [-0.2, -0.15) is 5.26 Å². The highest BCUT2D eigenvalue weighted by Crippen LogP contribution is 2.12. The molecule has 1 saturated heterocycles. The van der Waals surface area contributed by atoms with Crippen LogP contribution in [0.25, 0.3) is 0 Å². The third kappa shape index (κ3) is 4.84. The third-order valence-corrected chi connectivity index (χ3v) is 3.66. The lowest BCUT2D eigenvalue weighted by Gasteiger charge is -2.19. The molecule has 1 aliphatic rings. The minimum Gasteiger partial charge on any atom is -0.494 e. The van der Waals surface area contributed by atoms with Crippen LogP contribution < -0.4 is 4.74 Å². The quantitative estimate of drug-likeness (QED) is 0.769. The number of hydrogen-bond donors (Lipinski definition) is 0. The van der Waals surface area contributed by atoms with Crippen LogP contribution in [0.4, 0.5) is 0 Å². The first-order valence-electron chi connectivity index (χ1n) is 7.32. The molecule has 1 heterocycles. The summed E-state index contributed by atoms with van der Waals surface area (Å²) in [6.45, 7) is 6.50. The van der Waals surface area contributed by atoms with Crippen molar-refractivity contribution < 1.29 is 4.74 Å². The van der Waals surface area contributed by atoms with Gasteiger partial charge in [-0.3, -0.25) is 0 Å². The van der Waals surface area contributed by atoms with Crippen LogP contribution in [0.3, 0.4) is 0 Å². The first-order valence-corrected chi connectivity index (χ1v) is 7.32. The molecule has 1 aromatic carbocycles. The lowest BCUT2D eigenvalue weighted by Crippen LogP contribution is -2.30. The first kappa shape index (κ1) is 14.8. The highest BCUT2D eigenvalue weighted by Gasteiger charge is 2.11. The summed E-state index contributed by atoms with van der Waals surface area (Å²) in [7, 11) is 2.19. The Balaban J connectivity index is 1.67. The molecule has 0 saturated carbocycles. The normalized spacial score (nSPS) is 17.4. The van der Waals surface area contributed by atoms with Crippen LogP contribution in [0.5, 0.6) is 5.75 Å². The van der Waals surface area contributed by atoms with Crippen LogP contribution in [0.1, 0.15) is 18.4 Å². The summed E-state index contributed by atoms with van der Waals surface area (Å²) in [4.78, 5) is 4.91. The van der Waals surface area contributed by atoms with Gasteiger partial charge in [0.2, 0.25) is 0 Å². The number of likely N-dealkylation sites (N-methyl/N-ethyl adjacent to an activating group) is 1. The number of nitrogens with zero attached hydrogens (tertiary/aromatic N) is 3. The molecule has 0 aromatic heterocycles. The van der Waals surface area contributed by atoms with Gasteiger partial charge in [0.1, 0.15) is 5.75 Å². The van der Waals surface area contributed by atoms with Crippen molar-refractivity contribution in [2.45, 2.75) is 12.8 Å². The van der Waals surface area contributed by atoms with Crippen LogP contribution in [0, 0.1) is 11.3 Å². The molecular weight excluding hydrogens is 250 g/mol. The third-order valence-electron chi connectivity index (χ3n) is 3.66. The predicted octanol–water partition coefficient (Wildman–Crippen LogP) is 1.96. The van der Waals surface area contributed by atoms with E-state index in [0.29, 0.717) is 12.2 Å². The summed E-state index contributed by atoms with van der Waals surface area (Å²) < 4.78 is 5.70. The van der Waals surface area contributed by atoms with Crippen molar-refractivity contribution in [3.05, 3.63) is 29.8 Å². The van der Waals surface area contributed by atoms with E-state index in [0.717, 1.165) is 31.8 Å². The Morgan fingerprint density at radius 1 is 1.25 bits per heavy atom. The first-order chi connectivity index (χ1) is 9.78. The Bertz CT molecular complexity index is 455. The summed E-state index contributed by atoms with van der Waals surface area (Å²) in [6, 6.07) is 9.48. The molecule has 0 N–H and O–H groups in total. The van der Waals surface area contributed by atoms with Gasteiger partial charge in [0.15, 0.2) is 0 Å². The van der Waals surface area contributed by atoms with E-state index in [9.17, 15) is 0 Å². The molecule has 0 spiro atoms. The fourth-order valence-electron chi connectivity index (χ4n) is 2.46. The molecule has 20 heavy (non-hydrogen) atoms. The zero-order valence-corrected chi connectivity index (χ0v) is 12.2. The smallest absolute Gasteiger partial charge is 0.120 e. The molecule has 0 atom stereocenters. The highest BCUT2D eigenvalue weighted by atomic mass is 16.5. The van der Waals surface area contributed by atoms with Gasteiger partial charge in [0, 0.05) is 19.6 Å². The molecule has 0 bridgehead atoms. The molecule has 108 valence electrons. The largest absolute Gasteiger partial charge is 0.494 e. The van der Waals surface area contributed by atoms with Crippen molar-refractivity contribution in [3.63, 3.8) is 0 Å². The lowest BCUT2D eigenvalue weighted by molar-refractivity contribution is 0.237. The van der Waals surface area contributed by atoms with Crippen molar-refractivity contribution in [1.82, 2.24) is 9.80 Å². The minimum absolute atomic E-state index is 0.651. The standard InChI is InChI=1S/C16H23N3O/c1-18-7-3-8-19(11-10-18)9-4-12-20-16-6-2-5-15(13-16)14-17/h2,5-6,13H,3-4,7-12H2,1H3. The van der Waals surface area contributed by atoms with E-state index in [2.05, 4.69) is 22.9 Å². The molecule has 2 rings (SSSR count). The van der Waals surface area contributed by atoms with Crippen LogP contribution >= 0.6 is 0 Å². The molecule has 0 radical (unpaired) electrons. The zero-order valence-electron chi connectivity index (χ0n) is 12.2. The Hall–Kier alpha value is -1.57. The van der Waals surface area contributed by atoms with Gasteiger partial charge in [-0.25, -0.2) is 0 Å². The van der Waals surface area contributed by atoms with Gasteiger partial charge in [0.05, 0.1) is 18.2 Å². The number of benzene rings is 1. The summed E-state index contributed by atoms with van der Waals surface area (Å²) in [5.41, 5.74) is 0.651. The van der Waals surface area contributed by atoms with E-state index in [1.165, 1.54) is 19.5 Å². The fraction of sp³-hybridized carbons (Fsp3) is 0.562. The molecule has 0 aliphatic carbocycles. The lowest BCUT2D eigenvalue weighted by atomic mass is 10.2. The van der Waals surface area contributed by atoms with E-state index >= 15 is 0 Å². The maximum atomic E-state index is 8.84. The van der Waals surface area contributed by atoms with E-state index in [-0.39, 0.29) is 0 Å². The van der Waals surface area contributed by atoms with Crippen LogP contribution in [0.15, 0.2) is 24.3 Å². The fourth-order valence-corrected chi connectivity index (χ4v) is 2.46. The van der Waals surface area contributed by atoms with E-state index in [1.807, 2.05) is 12.1 Å². The average molecular weight is 273 g/mol. The molecule has 1 fully saturated rings. The average Bonchev–Trinajstić information content (AvgIpc) is 2.68. The second kappa shape index (κ2) is 7.88. The number of nitriles is 1. The second-order valence-electron chi connectivity index (χ2n) is 5.34. The van der Waals surface area contributed by atoms with E-state index < -0.39 is 0 Å². The van der Waals surface area contributed by atoms with E-state index in [1.54, 1.807) is 12.1 Å². The summed E-state index contributed by atoms with van der Waals surface area (Å²) in [5, 5.41) is 8.84.